The van der Waals surface area contributed by atoms with Crippen LogP contribution in [0.3, 0.4) is 0 Å². The number of aryl methyl sites for hydroxylation is 1. The first-order chi connectivity index (χ1) is 11.9. The molecule has 0 aliphatic carbocycles. The molecular formula is C19H22N4O2. The van der Waals surface area contributed by atoms with E-state index in [0.717, 1.165) is 16.8 Å². The van der Waals surface area contributed by atoms with E-state index in [1.807, 2.05) is 43.3 Å². The summed E-state index contributed by atoms with van der Waals surface area (Å²) in [4.78, 5) is 23.0. The zero-order chi connectivity index (χ0) is 18.2. The highest BCUT2D eigenvalue weighted by molar-refractivity contribution is 6.01. The second kappa shape index (κ2) is 8.63. The Kier molecular flexibility index (Phi) is 6.28. The molecule has 2 aromatic carbocycles. The summed E-state index contributed by atoms with van der Waals surface area (Å²) >= 11 is 0. The molecule has 6 heteroatoms. The van der Waals surface area contributed by atoms with Gasteiger partial charge in [0.15, 0.2) is 0 Å². The first-order valence-corrected chi connectivity index (χ1v) is 7.96. The van der Waals surface area contributed by atoms with Gasteiger partial charge in [0.05, 0.1) is 12.3 Å². The molecule has 0 fully saturated rings. The molecule has 25 heavy (non-hydrogen) atoms. The van der Waals surface area contributed by atoms with Gasteiger partial charge in [-0.05, 0) is 43.7 Å². The van der Waals surface area contributed by atoms with E-state index in [1.54, 1.807) is 19.1 Å². The van der Waals surface area contributed by atoms with Crippen LogP contribution in [0.1, 0.15) is 25.0 Å². The van der Waals surface area contributed by atoms with E-state index >= 15 is 0 Å². The number of benzene rings is 2. The van der Waals surface area contributed by atoms with Crippen molar-refractivity contribution in [1.29, 1.82) is 0 Å². The largest absolute Gasteiger partial charge is 0.376 e. The van der Waals surface area contributed by atoms with Crippen molar-refractivity contribution >= 4 is 28.9 Å². The van der Waals surface area contributed by atoms with Crippen LogP contribution in [0.15, 0.2) is 53.6 Å². The Balaban J connectivity index is 1.90. The molecule has 2 amide bonds. The van der Waals surface area contributed by atoms with Gasteiger partial charge in [0.2, 0.25) is 5.91 Å². The van der Waals surface area contributed by atoms with E-state index in [9.17, 15) is 9.59 Å². The van der Waals surface area contributed by atoms with Gasteiger partial charge in [-0.3, -0.25) is 9.59 Å². The Hall–Kier alpha value is -3.15. The molecule has 3 N–H and O–H groups in total. The van der Waals surface area contributed by atoms with Crippen LogP contribution in [-0.4, -0.2) is 24.1 Å². The molecule has 0 saturated carbocycles. The molecule has 0 bridgehead atoms. The molecule has 2 rings (SSSR count). The third-order valence-electron chi connectivity index (χ3n) is 3.45. The molecule has 0 spiro atoms. The van der Waals surface area contributed by atoms with Gasteiger partial charge in [-0.15, -0.1) is 0 Å². The zero-order valence-corrected chi connectivity index (χ0v) is 14.6. The van der Waals surface area contributed by atoms with Crippen molar-refractivity contribution in [3.8, 4) is 0 Å². The van der Waals surface area contributed by atoms with Crippen LogP contribution in [0.25, 0.3) is 0 Å². The summed E-state index contributed by atoms with van der Waals surface area (Å²) < 4.78 is 0. The molecule has 0 heterocycles. The van der Waals surface area contributed by atoms with Crippen molar-refractivity contribution < 1.29 is 9.59 Å². The molecule has 2 aromatic rings. The highest BCUT2D eigenvalue weighted by Gasteiger charge is 2.03. The van der Waals surface area contributed by atoms with E-state index in [4.69, 9.17) is 0 Å². The van der Waals surface area contributed by atoms with E-state index < -0.39 is 0 Å². The minimum absolute atomic E-state index is 0.131. The lowest BCUT2D eigenvalue weighted by Crippen LogP contribution is -2.26. The molecule has 0 unspecified atom stereocenters. The fraction of sp³-hybridized carbons (Fsp3) is 0.211. The number of amides is 2. The standard InChI is InChI=1S/C19H22N4O2/c1-13-7-9-17(10-8-13)20-12-19(25)23-22-14(2)16-5-4-6-18(11-16)21-15(3)24/h4-11,20H,12H2,1-3H3,(H,21,24)(H,23,25)/b22-14+. The maximum atomic E-state index is 11.9. The van der Waals surface area contributed by atoms with Crippen LogP contribution in [0.2, 0.25) is 0 Å². The van der Waals surface area contributed by atoms with Gasteiger partial charge in [-0.2, -0.15) is 5.10 Å². The molecule has 6 nitrogen and oxygen atoms in total. The number of nitrogens with one attached hydrogen (secondary N) is 3. The number of rotatable bonds is 6. The lowest BCUT2D eigenvalue weighted by Gasteiger charge is -2.07. The van der Waals surface area contributed by atoms with Gasteiger partial charge in [0.1, 0.15) is 0 Å². The summed E-state index contributed by atoms with van der Waals surface area (Å²) in [5.41, 5.74) is 6.72. The van der Waals surface area contributed by atoms with Gasteiger partial charge in [0.25, 0.3) is 5.91 Å². The number of hydrazone groups is 1. The SMILES string of the molecule is CC(=O)Nc1cccc(/C(C)=N/NC(=O)CNc2ccc(C)cc2)c1. The maximum Gasteiger partial charge on any atom is 0.259 e. The molecule has 0 saturated heterocycles. The maximum absolute atomic E-state index is 11.9. The lowest BCUT2D eigenvalue weighted by molar-refractivity contribution is -0.119. The number of carbonyl (C=O) groups excluding carboxylic acids is 2. The second-order valence-corrected chi connectivity index (χ2v) is 5.71. The lowest BCUT2D eigenvalue weighted by atomic mass is 10.1. The molecule has 130 valence electrons. The van der Waals surface area contributed by atoms with Crippen molar-refractivity contribution in [3.05, 3.63) is 59.7 Å². The number of anilines is 2. The molecule has 0 atom stereocenters. The summed E-state index contributed by atoms with van der Waals surface area (Å²) in [6.45, 7) is 5.39. The van der Waals surface area contributed by atoms with E-state index in [2.05, 4.69) is 21.2 Å². The summed E-state index contributed by atoms with van der Waals surface area (Å²) in [6, 6.07) is 15.1. The predicted octanol–water partition coefficient (Wildman–Crippen LogP) is 2.91. The average molecular weight is 338 g/mol. The summed E-state index contributed by atoms with van der Waals surface area (Å²) in [5, 5.41) is 9.86. The van der Waals surface area contributed by atoms with Crippen LogP contribution >= 0.6 is 0 Å². The van der Waals surface area contributed by atoms with Crippen molar-refractivity contribution in [2.45, 2.75) is 20.8 Å². The van der Waals surface area contributed by atoms with Crippen molar-refractivity contribution in [2.24, 2.45) is 5.10 Å². The third kappa shape index (κ3) is 6.10. The van der Waals surface area contributed by atoms with Crippen LogP contribution < -0.4 is 16.1 Å². The van der Waals surface area contributed by atoms with Crippen LogP contribution in [0.4, 0.5) is 11.4 Å². The normalized spacial score (nSPS) is 10.9. The van der Waals surface area contributed by atoms with Crippen LogP contribution in [0, 0.1) is 6.92 Å². The Labute approximate surface area is 147 Å². The van der Waals surface area contributed by atoms with Gasteiger partial charge in [0, 0.05) is 18.3 Å². The van der Waals surface area contributed by atoms with Crippen molar-refractivity contribution in [3.63, 3.8) is 0 Å². The van der Waals surface area contributed by atoms with Crippen molar-refractivity contribution in [1.82, 2.24) is 5.43 Å². The Morgan fingerprint density at radius 3 is 2.40 bits per heavy atom. The minimum Gasteiger partial charge on any atom is -0.376 e. The van der Waals surface area contributed by atoms with Crippen molar-refractivity contribution in [2.75, 3.05) is 17.2 Å². The topological polar surface area (TPSA) is 82.6 Å². The third-order valence-corrected chi connectivity index (χ3v) is 3.45. The Bertz CT molecular complexity index is 782. The molecule has 0 aromatic heterocycles. The fourth-order valence-electron chi connectivity index (χ4n) is 2.13. The number of hydrogen-bond donors (Lipinski definition) is 3. The molecular weight excluding hydrogens is 316 g/mol. The fourth-order valence-corrected chi connectivity index (χ4v) is 2.13. The minimum atomic E-state index is -0.238. The number of carbonyl (C=O) groups is 2. The molecule has 0 radical (unpaired) electrons. The zero-order valence-electron chi connectivity index (χ0n) is 14.6. The predicted molar refractivity (Wildman–Crippen MR) is 101 cm³/mol. The van der Waals surface area contributed by atoms with E-state index in [0.29, 0.717) is 11.4 Å². The van der Waals surface area contributed by atoms with Gasteiger partial charge >= 0.3 is 0 Å². The smallest absolute Gasteiger partial charge is 0.259 e. The Morgan fingerprint density at radius 2 is 1.72 bits per heavy atom. The van der Waals surface area contributed by atoms with Crippen LogP contribution in [0.5, 0.6) is 0 Å². The Morgan fingerprint density at radius 1 is 1.00 bits per heavy atom. The summed E-state index contributed by atoms with van der Waals surface area (Å²) in [5.74, 6) is -0.375. The van der Waals surface area contributed by atoms with Gasteiger partial charge in [-0.1, -0.05) is 29.8 Å². The average Bonchev–Trinajstić information content (AvgIpc) is 2.59. The quantitative estimate of drug-likeness (QED) is 0.559. The highest BCUT2D eigenvalue weighted by atomic mass is 16.2. The molecule has 0 aliphatic rings. The molecule has 0 aliphatic heterocycles. The first-order valence-electron chi connectivity index (χ1n) is 7.96. The number of hydrogen-bond acceptors (Lipinski definition) is 4. The summed E-state index contributed by atoms with van der Waals surface area (Å²) in [6.07, 6.45) is 0. The summed E-state index contributed by atoms with van der Waals surface area (Å²) in [7, 11) is 0. The monoisotopic (exact) mass is 338 g/mol. The highest BCUT2D eigenvalue weighted by Crippen LogP contribution is 2.11. The van der Waals surface area contributed by atoms with Gasteiger partial charge < -0.3 is 10.6 Å². The van der Waals surface area contributed by atoms with E-state index in [1.165, 1.54) is 6.92 Å². The van der Waals surface area contributed by atoms with Gasteiger partial charge in [-0.25, -0.2) is 5.43 Å². The van der Waals surface area contributed by atoms with E-state index in [-0.39, 0.29) is 18.4 Å². The first kappa shape index (κ1) is 18.2. The van der Waals surface area contributed by atoms with Crippen LogP contribution in [-0.2, 0) is 9.59 Å². The number of nitrogens with zero attached hydrogens (tertiary/aromatic N) is 1. The second-order valence-electron chi connectivity index (χ2n) is 5.71.